The van der Waals surface area contributed by atoms with Gasteiger partial charge in [0.15, 0.2) is 0 Å². The fourth-order valence-electron chi connectivity index (χ4n) is 2.98. The minimum Gasteiger partial charge on any atom is -0.376 e. The highest BCUT2D eigenvalue weighted by molar-refractivity contribution is 5.84. The van der Waals surface area contributed by atoms with E-state index in [2.05, 4.69) is 22.8 Å². The highest BCUT2D eigenvalue weighted by Gasteiger charge is 2.44. The van der Waals surface area contributed by atoms with Crippen molar-refractivity contribution < 1.29 is 9.53 Å². The minimum atomic E-state index is -0.278. The molecule has 0 bridgehead atoms. The van der Waals surface area contributed by atoms with Crippen LogP contribution in [0.5, 0.6) is 0 Å². The van der Waals surface area contributed by atoms with E-state index in [1.54, 1.807) is 0 Å². The van der Waals surface area contributed by atoms with E-state index in [4.69, 9.17) is 4.74 Å². The minimum absolute atomic E-state index is 0.163. The maximum atomic E-state index is 12.5. The molecule has 1 unspecified atom stereocenters. The van der Waals surface area contributed by atoms with E-state index in [-0.39, 0.29) is 17.4 Å². The first-order valence-electron chi connectivity index (χ1n) is 7.43. The maximum absolute atomic E-state index is 12.5. The molecule has 0 aromatic heterocycles. The van der Waals surface area contributed by atoms with Crippen molar-refractivity contribution in [2.24, 2.45) is 5.41 Å². The van der Waals surface area contributed by atoms with Gasteiger partial charge in [-0.25, -0.2) is 0 Å². The first-order valence-corrected chi connectivity index (χ1v) is 7.43. The van der Waals surface area contributed by atoms with Crippen LogP contribution in [0.2, 0.25) is 0 Å². The molecular weight excluding hydrogens is 252 g/mol. The van der Waals surface area contributed by atoms with Gasteiger partial charge in [-0.1, -0.05) is 30.3 Å². The van der Waals surface area contributed by atoms with Crippen molar-refractivity contribution in [3.63, 3.8) is 0 Å². The molecule has 1 aromatic carbocycles. The van der Waals surface area contributed by atoms with Crippen LogP contribution < -0.4 is 10.6 Å². The molecule has 20 heavy (non-hydrogen) atoms. The third-order valence-corrected chi connectivity index (χ3v) is 4.31. The predicted molar refractivity (Wildman–Crippen MR) is 77.4 cm³/mol. The molecule has 0 radical (unpaired) electrons. The summed E-state index contributed by atoms with van der Waals surface area (Å²) in [5, 5.41) is 6.32. The largest absolute Gasteiger partial charge is 0.376 e. The standard InChI is InChI=1S/C16H22N2O2/c19-15(18-10-14-7-4-8-20-14)16(11-17-12-16)9-13-5-2-1-3-6-13/h1-3,5-6,14,17H,4,7-12H2,(H,18,19). The van der Waals surface area contributed by atoms with Crippen molar-refractivity contribution in [1.82, 2.24) is 10.6 Å². The van der Waals surface area contributed by atoms with Gasteiger partial charge in [0.1, 0.15) is 0 Å². The molecule has 108 valence electrons. The third-order valence-electron chi connectivity index (χ3n) is 4.31. The summed E-state index contributed by atoms with van der Waals surface area (Å²) >= 11 is 0. The van der Waals surface area contributed by atoms with E-state index in [0.717, 1.165) is 39.0 Å². The van der Waals surface area contributed by atoms with Gasteiger partial charge in [0.2, 0.25) is 5.91 Å². The average molecular weight is 274 g/mol. The van der Waals surface area contributed by atoms with Gasteiger partial charge in [0.05, 0.1) is 11.5 Å². The second kappa shape index (κ2) is 5.94. The van der Waals surface area contributed by atoms with Gasteiger partial charge in [-0.2, -0.15) is 0 Å². The molecule has 0 saturated carbocycles. The Morgan fingerprint density at radius 2 is 2.15 bits per heavy atom. The predicted octanol–water partition coefficient (Wildman–Crippen LogP) is 1.11. The number of hydrogen-bond donors (Lipinski definition) is 2. The molecular formula is C16H22N2O2. The molecule has 3 rings (SSSR count). The lowest BCUT2D eigenvalue weighted by Crippen LogP contribution is -2.63. The number of hydrogen-bond acceptors (Lipinski definition) is 3. The van der Waals surface area contributed by atoms with Gasteiger partial charge in [-0.15, -0.1) is 0 Å². The summed E-state index contributed by atoms with van der Waals surface area (Å²) in [5.41, 5.74) is 0.946. The van der Waals surface area contributed by atoms with Gasteiger partial charge in [0, 0.05) is 26.2 Å². The van der Waals surface area contributed by atoms with E-state index in [9.17, 15) is 4.79 Å². The van der Waals surface area contributed by atoms with E-state index in [1.807, 2.05) is 18.2 Å². The first kappa shape index (κ1) is 13.6. The van der Waals surface area contributed by atoms with E-state index < -0.39 is 0 Å². The molecule has 0 spiro atoms. The molecule has 2 N–H and O–H groups in total. The SMILES string of the molecule is O=C(NCC1CCCO1)C1(Cc2ccccc2)CNC1. The zero-order chi connectivity index (χ0) is 13.8. The van der Waals surface area contributed by atoms with Crippen molar-refractivity contribution in [2.45, 2.75) is 25.4 Å². The number of carbonyl (C=O) groups is 1. The van der Waals surface area contributed by atoms with E-state index >= 15 is 0 Å². The number of benzene rings is 1. The molecule has 1 aromatic rings. The number of nitrogens with one attached hydrogen (secondary N) is 2. The normalized spacial score (nSPS) is 24.1. The summed E-state index contributed by atoms with van der Waals surface area (Å²) in [6.45, 7) is 3.01. The first-order chi connectivity index (χ1) is 9.78. The molecule has 4 nitrogen and oxygen atoms in total. The molecule has 2 aliphatic rings. The van der Waals surface area contributed by atoms with Crippen LogP contribution in [-0.2, 0) is 16.0 Å². The van der Waals surface area contributed by atoms with E-state index in [0.29, 0.717) is 6.54 Å². The average Bonchev–Trinajstić information content (AvgIpc) is 2.94. The van der Waals surface area contributed by atoms with Crippen LogP contribution in [0, 0.1) is 5.41 Å². The molecule has 2 fully saturated rings. The number of amides is 1. The highest BCUT2D eigenvalue weighted by atomic mass is 16.5. The third kappa shape index (κ3) is 2.86. The van der Waals surface area contributed by atoms with Gasteiger partial charge >= 0.3 is 0 Å². The van der Waals surface area contributed by atoms with Crippen molar-refractivity contribution >= 4 is 5.91 Å². The van der Waals surface area contributed by atoms with Crippen LogP contribution in [-0.4, -0.2) is 38.3 Å². The van der Waals surface area contributed by atoms with Crippen molar-refractivity contribution in [3.8, 4) is 0 Å². The molecule has 2 aliphatic heterocycles. The van der Waals surface area contributed by atoms with Crippen LogP contribution in [0.4, 0.5) is 0 Å². The van der Waals surface area contributed by atoms with Crippen molar-refractivity contribution in [2.75, 3.05) is 26.2 Å². The Kier molecular flexibility index (Phi) is 4.03. The topological polar surface area (TPSA) is 50.4 Å². The van der Waals surface area contributed by atoms with Crippen molar-refractivity contribution in [1.29, 1.82) is 0 Å². The van der Waals surface area contributed by atoms with Crippen molar-refractivity contribution in [3.05, 3.63) is 35.9 Å². The molecule has 2 heterocycles. The quantitative estimate of drug-likeness (QED) is 0.846. The van der Waals surface area contributed by atoms with Crippen LogP contribution in [0.1, 0.15) is 18.4 Å². The number of carbonyl (C=O) groups excluding carboxylic acids is 1. The number of ether oxygens (including phenoxy) is 1. The van der Waals surface area contributed by atoms with E-state index in [1.165, 1.54) is 5.56 Å². The van der Waals surface area contributed by atoms with Crippen LogP contribution in [0.25, 0.3) is 0 Å². The Labute approximate surface area is 119 Å². The monoisotopic (exact) mass is 274 g/mol. The molecule has 1 atom stereocenters. The van der Waals surface area contributed by atoms with Crippen LogP contribution >= 0.6 is 0 Å². The van der Waals surface area contributed by atoms with Crippen LogP contribution in [0.3, 0.4) is 0 Å². The fraction of sp³-hybridized carbons (Fsp3) is 0.562. The Morgan fingerprint density at radius 3 is 2.75 bits per heavy atom. The number of rotatable bonds is 5. The molecule has 2 saturated heterocycles. The van der Waals surface area contributed by atoms with Gasteiger partial charge in [-0.05, 0) is 24.8 Å². The summed E-state index contributed by atoms with van der Waals surface area (Å²) in [6.07, 6.45) is 3.18. The zero-order valence-electron chi connectivity index (χ0n) is 11.7. The summed E-state index contributed by atoms with van der Waals surface area (Å²) in [5.74, 6) is 0.163. The zero-order valence-corrected chi connectivity index (χ0v) is 11.7. The Hall–Kier alpha value is -1.39. The van der Waals surface area contributed by atoms with Gasteiger partial charge < -0.3 is 15.4 Å². The lowest BCUT2D eigenvalue weighted by molar-refractivity contribution is -0.134. The smallest absolute Gasteiger partial charge is 0.229 e. The Bertz CT molecular complexity index is 451. The molecule has 0 aliphatic carbocycles. The van der Waals surface area contributed by atoms with Crippen LogP contribution in [0.15, 0.2) is 30.3 Å². The summed E-state index contributed by atoms with van der Waals surface area (Å²) < 4.78 is 5.56. The lowest BCUT2D eigenvalue weighted by Gasteiger charge is -2.41. The second-order valence-corrected chi connectivity index (χ2v) is 5.89. The summed E-state index contributed by atoms with van der Waals surface area (Å²) in [7, 11) is 0. The molecule has 4 heteroatoms. The van der Waals surface area contributed by atoms with Gasteiger partial charge in [0.25, 0.3) is 0 Å². The maximum Gasteiger partial charge on any atom is 0.229 e. The lowest BCUT2D eigenvalue weighted by atomic mass is 9.75. The Balaban J connectivity index is 1.58. The summed E-state index contributed by atoms with van der Waals surface area (Å²) in [4.78, 5) is 12.5. The fourth-order valence-corrected chi connectivity index (χ4v) is 2.98. The summed E-state index contributed by atoms with van der Waals surface area (Å²) in [6, 6.07) is 10.2. The molecule has 1 amide bonds. The Morgan fingerprint density at radius 1 is 1.35 bits per heavy atom. The second-order valence-electron chi connectivity index (χ2n) is 5.89. The van der Waals surface area contributed by atoms with Gasteiger partial charge in [-0.3, -0.25) is 4.79 Å². The highest BCUT2D eigenvalue weighted by Crippen LogP contribution is 2.28.